The monoisotopic (exact) mass is 293 g/mol. The summed E-state index contributed by atoms with van der Waals surface area (Å²) in [5.41, 5.74) is 8.84. The van der Waals surface area contributed by atoms with Gasteiger partial charge in [-0.1, -0.05) is 24.3 Å². The van der Waals surface area contributed by atoms with Gasteiger partial charge in [-0.3, -0.25) is 9.89 Å². The van der Waals surface area contributed by atoms with Gasteiger partial charge in [-0.05, 0) is 24.3 Å². The van der Waals surface area contributed by atoms with Gasteiger partial charge in [0.1, 0.15) is 0 Å². The van der Waals surface area contributed by atoms with Gasteiger partial charge in [0.25, 0.3) is 0 Å². The van der Waals surface area contributed by atoms with Crippen LogP contribution in [0.1, 0.15) is 6.92 Å². The van der Waals surface area contributed by atoms with Gasteiger partial charge >= 0.3 is 0 Å². The zero-order chi connectivity index (χ0) is 15.5. The Labute approximate surface area is 127 Å². The van der Waals surface area contributed by atoms with E-state index in [4.69, 9.17) is 5.73 Å². The summed E-state index contributed by atoms with van der Waals surface area (Å²) in [5.74, 6) is 1.09. The molecule has 0 aliphatic heterocycles. The van der Waals surface area contributed by atoms with E-state index in [1.165, 1.54) is 6.92 Å². The van der Waals surface area contributed by atoms with Crippen molar-refractivity contribution in [2.24, 2.45) is 0 Å². The van der Waals surface area contributed by atoms with Gasteiger partial charge in [-0.2, -0.15) is 5.10 Å². The number of nitrogens with two attached hydrogens (primary N) is 1. The molecule has 1 amide bonds. The molecule has 0 radical (unpaired) electrons. The maximum absolute atomic E-state index is 11.1. The number of rotatable bonds is 3. The van der Waals surface area contributed by atoms with E-state index in [-0.39, 0.29) is 5.91 Å². The third-order valence-electron chi connectivity index (χ3n) is 3.09. The Bertz CT molecular complexity index is 825. The first-order chi connectivity index (χ1) is 10.6. The Hall–Kier alpha value is -3.15. The lowest BCUT2D eigenvalue weighted by Crippen LogP contribution is -2.05. The van der Waals surface area contributed by atoms with Gasteiger partial charge in [-0.25, -0.2) is 4.98 Å². The van der Waals surface area contributed by atoms with Crippen molar-refractivity contribution in [3.63, 3.8) is 0 Å². The molecule has 4 N–H and O–H groups in total. The van der Waals surface area contributed by atoms with Crippen LogP contribution in [0.2, 0.25) is 0 Å². The second-order valence-corrected chi connectivity index (χ2v) is 4.90. The molecule has 0 aliphatic carbocycles. The van der Waals surface area contributed by atoms with Crippen molar-refractivity contribution in [1.82, 2.24) is 15.2 Å². The predicted octanol–water partition coefficient (Wildman–Crippen LogP) is 2.68. The Kier molecular flexibility index (Phi) is 3.57. The van der Waals surface area contributed by atoms with Crippen molar-refractivity contribution >= 4 is 17.3 Å². The molecule has 0 saturated heterocycles. The van der Waals surface area contributed by atoms with Crippen LogP contribution in [-0.4, -0.2) is 21.1 Å². The SMILES string of the molecule is CC(=O)Nc1cccc(-c2nc(-c3cccc(N)c3)n[nH]2)c1. The summed E-state index contributed by atoms with van der Waals surface area (Å²) in [6.45, 7) is 1.47. The molecule has 6 nitrogen and oxygen atoms in total. The highest BCUT2D eigenvalue weighted by Gasteiger charge is 2.08. The van der Waals surface area contributed by atoms with Gasteiger partial charge in [-0.15, -0.1) is 0 Å². The number of hydrogen-bond donors (Lipinski definition) is 3. The van der Waals surface area contributed by atoms with Crippen molar-refractivity contribution in [3.05, 3.63) is 48.5 Å². The van der Waals surface area contributed by atoms with Gasteiger partial charge in [0.05, 0.1) is 0 Å². The molecule has 110 valence electrons. The highest BCUT2D eigenvalue weighted by atomic mass is 16.1. The topological polar surface area (TPSA) is 96.7 Å². The second-order valence-electron chi connectivity index (χ2n) is 4.90. The Balaban J connectivity index is 1.92. The van der Waals surface area contributed by atoms with Crippen LogP contribution in [0.25, 0.3) is 22.8 Å². The van der Waals surface area contributed by atoms with E-state index in [9.17, 15) is 4.79 Å². The highest BCUT2D eigenvalue weighted by molar-refractivity contribution is 5.89. The summed E-state index contributed by atoms with van der Waals surface area (Å²) in [6.07, 6.45) is 0. The van der Waals surface area contributed by atoms with Crippen LogP contribution in [0, 0.1) is 0 Å². The average molecular weight is 293 g/mol. The number of aromatic nitrogens is 3. The Morgan fingerprint density at radius 3 is 2.68 bits per heavy atom. The third kappa shape index (κ3) is 2.95. The second kappa shape index (κ2) is 5.69. The minimum absolute atomic E-state index is 0.116. The molecule has 22 heavy (non-hydrogen) atoms. The van der Waals surface area contributed by atoms with Gasteiger partial charge < -0.3 is 11.1 Å². The van der Waals surface area contributed by atoms with E-state index in [0.717, 1.165) is 11.1 Å². The molecule has 1 heterocycles. The first-order valence-electron chi connectivity index (χ1n) is 6.78. The van der Waals surface area contributed by atoms with Gasteiger partial charge in [0.2, 0.25) is 5.91 Å². The maximum atomic E-state index is 11.1. The molecule has 0 unspecified atom stereocenters. The van der Waals surface area contributed by atoms with E-state index in [1.807, 2.05) is 48.5 Å². The smallest absolute Gasteiger partial charge is 0.221 e. The standard InChI is InChI=1S/C16H15N5O/c1-10(22)18-14-7-3-5-12(9-14)16-19-15(20-21-16)11-4-2-6-13(17)8-11/h2-9H,17H2,1H3,(H,18,22)(H,19,20,21). The molecule has 0 aliphatic rings. The fourth-order valence-corrected chi connectivity index (χ4v) is 2.15. The molecule has 0 saturated carbocycles. The van der Waals surface area contributed by atoms with E-state index in [1.54, 1.807) is 0 Å². The van der Waals surface area contributed by atoms with Gasteiger partial charge in [0, 0.05) is 29.4 Å². The fourth-order valence-electron chi connectivity index (χ4n) is 2.15. The molecule has 0 bridgehead atoms. The number of aromatic amines is 1. The van der Waals surface area contributed by atoms with E-state index in [2.05, 4.69) is 20.5 Å². The number of anilines is 2. The van der Waals surface area contributed by atoms with Crippen LogP contribution in [0.5, 0.6) is 0 Å². The highest BCUT2D eigenvalue weighted by Crippen LogP contribution is 2.23. The maximum Gasteiger partial charge on any atom is 0.221 e. The molecule has 3 rings (SSSR count). The van der Waals surface area contributed by atoms with Crippen LogP contribution in [0.4, 0.5) is 11.4 Å². The van der Waals surface area contributed by atoms with Crippen molar-refractivity contribution in [2.45, 2.75) is 6.92 Å². The molecule has 0 spiro atoms. The number of hydrogen-bond acceptors (Lipinski definition) is 4. The summed E-state index contributed by atoms with van der Waals surface area (Å²) in [4.78, 5) is 15.6. The summed E-state index contributed by atoms with van der Waals surface area (Å²) >= 11 is 0. The number of nitrogen functional groups attached to an aromatic ring is 1. The number of carbonyl (C=O) groups excluding carboxylic acids is 1. The molecule has 2 aromatic carbocycles. The van der Waals surface area contributed by atoms with E-state index in [0.29, 0.717) is 23.0 Å². The number of nitrogens with zero attached hydrogens (tertiary/aromatic N) is 2. The first kappa shape index (κ1) is 13.8. The number of carbonyl (C=O) groups is 1. The third-order valence-corrected chi connectivity index (χ3v) is 3.09. The minimum atomic E-state index is -0.116. The lowest BCUT2D eigenvalue weighted by atomic mass is 10.2. The van der Waals surface area contributed by atoms with Crippen molar-refractivity contribution < 1.29 is 4.79 Å². The first-order valence-corrected chi connectivity index (χ1v) is 6.78. The van der Waals surface area contributed by atoms with Crippen LogP contribution < -0.4 is 11.1 Å². The zero-order valence-electron chi connectivity index (χ0n) is 12.0. The number of H-pyrrole nitrogens is 1. The molecule has 3 aromatic rings. The van der Waals surface area contributed by atoms with E-state index >= 15 is 0 Å². The van der Waals surface area contributed by atoms with E-state index < -0.39 is 0 Å². The lowest BCUT2D eigenvalue weighted by molar-refractivity contribution is -0.114. The summed E-state index contributed by atoms with van der Waals surface area (Å²) in [6, 6.07) is 14.8. The van der Waals surface area contributed by atoms with Crippen molar-refractivity contribution in [1.29, 1.82) is 0 Å². The summed E-state index contributed by atoms with van der Waals surface area (Å²) in [7, 11) is 0. The van der Waals surface area contributed by atoms with Crippen LogP contribution >= 0.6 is 0 Å². The normalized spacial score (nSPS) is 10.4. The fraction of sp³-hybridized carbons (Fsp3) is 0.0625. The van der Waals surface area contributed by atoms with Crippen LogP contribution in [-0.2, 0) is 4.79 Å². The van der Waals surface area contributed by atoms with Crippen LogP contribution in [0.3, 0.4) is 0 Å². The van der Waals surface area contributed by atoms with Crippen molar-refractivity contribution in [2.75, 3.05) is 11.1 Å². The number of nitrogens with one attached hydrogen (secondary N) is 2. The molecular weight excluding hydrogens is 278 g/mol. The zero-order valence-corrected chi connectivity index (χ0v) is 12.0. The number of benzene rings is 2. The van der Waals surface area contributed by atoms with Gasteiger partial charge in [0.15, 0.2) is 11.6 Å². The Morgan fingerprint density at radius 1 is 1.14 bits per heavy atom. The Morgan fingerprint density at radius 2 is 1.91 bits per heavy atom. The summed E-state index contributed by atoms with van der Waals surface area (Å²) in [5, 5.41) is 9.86. The number of amides is 1. The lowest BCUT2D eigenvalue weighted by Gasteiger charge is -2.03. The molecule has 0 atom stereocenters. The largest absolute Gasteiger partial charge is 0.399 e. The quantitative estimate of drug-likeness (QED) is 0.647. The molecule has 0 fully saturated rings. The van der Waals surface area contributed by atoms with Crippen LogP contribution in [0.15, 0.2) is 48.5 Å². The predicted molar refractivity (Wildman–Crippen MR) is 86.0 cm³/mol. The minimum Gasteiger partial charge on any atom is -0.399 e. The average Bonchev–Trinajstić information content (AvgIpc) is 2.97. The molecule has 6 heteroatoms. The molecule has 1 aromatic heterocycles. The van der Waals surface area contributed by atoms with Crippen molar-refractivity contribution in [3.8, 4) is 22.8 Å². The summed E-state index contributed by atoms with van der Waals surface area (Å²) < 4.78 is 0. The molecular formula is C16H15N5O.